The quantitative estimate of drug-likeness (QED) is 0.581. The van der Waals surface area contributed by atoms with Crippen LogP contribution in [0.3, 0.4) is 0 Å². The number of carboxylic acids is 1. The number of carbonyl (C=O) groups is 1. The van der Waals surface area contributed by atoms with Crippen LogP contribution in [-0.4, -0.2) is 16.0 Å². The number of benzene rings is 2. The lowest BCUT2D eigenvalue weighted by molar-refractivity contribution is -0.384. The Morgan fingerprint density at radius 2 is 1.90 bits per heavy atom. The molecule has 0 spiro atoms. The van der Waals surface area contributed by atoms with E-state index in [4.69, 9.17) is 5.11 Å². The monoisotopic (exact) mass is 299 g/mol. The summed E-state index contributed by atoms with van der Waals surface area (Å²) < 4.78 is 1.05. The molecule has 0 radical (unpaired) electrons. The molecule has 21 heavy (non-hydrogen) atoms. The summed E-state index contributed by atoms with van der Waals surface area (Å²) in [5.41, 5.74) is 0.238. The largest absolute Gasteiger partial charge is 0.478 e. The highest BCUT2D eigenvalue weighted by Gasteiger charge is 2.15. The Morgan fingerprint density at radius 1 is 1.14 bits per heavy atom. The van der Waals surface area contributed by atoms with Crippen molar-refractivity contribution in [3.63, 3.8) is 0 Å². The molecule has 1 heterocycles. The summed E-state index contributed by atoms with van der Waals surface area (Å²) in [5.74, 6) is -1.18. The third-order valence-corrected chi connectivity index (χ3v) is 4.25. The standard InChI is InChI=1S/C15H9NO4S/c17-15(18)11-5-10(6-12(7-11)16(19)20)14-8-9-3-1-2-4-13(9)21-14/h1-8H,(H,17,18). The van der Waals surface area contributed by atoms with Gasteiger partial charge in [0.2, 0.25) is 0 Å². The topological polar surface area (TPSA) is 80.4 Å². The van der Waals surface area contributed by atoms with E-state index < -0.39 is 10.9 Å². The van der Waals surface area contributed by atoms with Crippen LogP contribution in [0.5, 0.6) is 0 Å². The van der Waals surface area contributed by atoms with Crippen molar-refractivity contribution < 1.29 is 14.8 Å². The predicted molar refractivity (Wildman–Crippen MR) is 80.9 cm³/mol. The highest BCUT2D eigenvalue weighted by Crippen LogP contribution is 2.35. The van der Waals surface area contributed by atoms with Crippen LogP contribution in [-0.2, 0) is 0 Å². The number of fused-ring (bicyclic) bond motifs is 1. The number of nitro groups is 1. The summed E-state index contributed by atoms with van der Waals surface area (Å²) in [7, 11) is 0. The third-order valence-electron chi connectivity index (χ3n) is 3.09. The summed E-state index contributed by atoms with van der Waals surface area (Å²) in [6.45, 7) is 0. The molecule has 0 atom stereocenters. The molecule has 3 aromatic rings. The second-order valence-electron chi connectivity index (χ2n) is 4.48. The molecule has 0 aliphatic heterocycles. The number of nitro benzene ring substituents is 1. The molecule has 0 fully saturated rings. The van der Waals surface area contributed by atoms with E-state index in [0.29, 0.717) is 5.56 Å². The second-order valence-corrected chi connectivity index (χ2v) is 5.56. The van der Waals surface area contributed by atoms with Gasteiger partial charge in [-0.3, -0.25) is 10.1 Å². The van der Waals surface area contributed by atoms with Gasteiger partial charge in [0, 0.05) is 21.7 Å². The van der Waals surface area contributed by atoms with Crippen LogP contribution in [0.2, 0.25) is 0 Å². The zero-order chi connectivity index (χ0) is 15.0. The maximum absolute atomic E-state index is 11.1. The molecule has 0 saturated carbocycles. The Bertz CT molecular complexity index is 804. The average molecular weight is 299 g/mol. The highest BCUT2D eigenvalue weighted by atomic mass is 32.1. The first-order chi connectivity index (χ1) is 10.0. The van der Waals surface area contributed by atoms with Crippen molar-refractivity contribution in [1.29, 1.82) is 0 Å². The van der Waals surface area contributed by atoms with Crippen molar-refractivity contribution in [3.05, 3.63) is 64.2 Å². The average Bonchev–Trinajstić information content (AvgIpc) is 2.90. The van der Waals surface area contributed by atoms with Gasteiger partial charge in [-0.25, -0.2) is 4.79 Å². The summed E-state index contributed by atoms with van der Waals surface area (Å²) in [4.78, 5) is 22.3. The van der Waals surface area contributed by atoms with E-state index in [9.17, 15) is 14.9 Å². The van der Waals surface area contributed by atoms with Crippen molar-refractivity contribution in [2.24, 2.45) is 0 Å². The predicted octanol–water partition coefficient (Wildman–Crippen LogP) is 4.17. The first kappa shape index (κ1) is 13.3. The summed E-state index contributed by atoms with van der Waals surface area (Å²) in [6, 6.07) is 13.6. The van der Waals surface area contributed by atoms with Gasteiger partial charge < -0.3 is 5.11 Å². The Morgan fingerprint density at radius 3 is 2.57 bits per heavy atom. The normalized spacial score (nSPS) is 10.7. The lowest BCUT2D eigenvalue weighted by Gasteiger charge is -2.01. The highest BCUT2D eigenvalue weighted by molar-refractivity contribution is 7.22. The molecule has 0 unspecified atom stereocenters. The van der Waals surface area contributed by atoms with Crippen molar-refractivity contribution in [2.45, 2.75) is 0 Å². The van der Waals surface area contributed by atoms with Crippen molar-refractivity contribution in [1.82, 2.24) is 0 Å². The number of non-ortho nitro benzene ring substituents is 1. The molecule has 0 bridgehead atoms. The summed E-state index contributed by atoms with van der Waals surface area (Å²) in [5, 5.41) is 21.1. The van der Waals surface area contributed by atoms with Crippen molar-refractivity contribution >= 4 is 33.1 Å². The van der Waals surface area contributed by atoms with E-state index >= 15 is 0 Å². The molecule has 2 aromatic carbocycles. The van der Waals surface area contributed by atoms with Gasteiger partial charge in [-0.1, -0.05) is 18.2 Å². The summed E-state index contributed by atoms with van der Waals surface area (Å²) >= 11 is 1.48. The first-order valence-electron chi connectivity index (χ1n) is 6.06. The van der Waals surface area contributed by atoms with Crippen LogP contribution in [0.25, 0.3) is 20.5 Å². The number of hydrogen-bond donors (Lipinski definition) is 1. The molecule has 0 amide bonds. The zero-order valence-electron chi connectivity index (χ0n) is 10.6. The smallest absolute Gasteiger partial charge is 0.335 e. The molecule has 3 rings (SSSR count). The number of thiophene rings is 1. The van der Waals surface area contributed by atoms with Crippen LogP contribution in [0.15, 0.2) is 48.5 Å². The Labute approximate surface area is 123 Å². The molecule has 0 aliphatic rings. The van der Waals surface area contributed by atoms with Gasteiger partial charge in [0.25, 0.3) is 5.69 Å². The Balaban J connectivity index is 2.20. The number of nitrogens with zero attached hydrogens (tertiary/aromatic N) is 1. The van der Waals surface area contributed by atoms with E-state index in [0.717, 1.165) is 21.0 Å². The third kappa shape index (κ3) is 2.48. The fourth-order valence-corrected chi connectivity index (χ4v) is 3.16. The van der Waals surface area contributed by atoms with Crippen LogP contribution in [0.1, 0.15) is 10.4 Å². The molecule has 104 valence electrons. The molecule has 5 nitrogen and oxygen atoms in total. The molecular formula is C15H9NO4S. The SMILES string of the molecule is O=C(O)c1cc(-c2cc3ccccc3s2)cc([N+](=O)[O-])c1. The van der Waals surface area contributed by atoms with E-state index in [-0.39, 0.29) is 11.3 Å². The van der Waals surface area contributed by atoms with Gasteiger partial charge in [-0.05, 0) is 29.1 Å². The minimum atomic E-state index is -1.18. The number of aromatic carboxylic acids is 1. The summed E-state index contributed by atoms with van der Waals surface area (Å²) in [6.07, 6.45) is 0. The van der Waals surface area contributed by atoms with Gasteiger partial charge in [0.05, 0.1) is 10.5 Å². The second kappa shape index (κ2) is 4.99. The van der Waals surface area contributed by atoms with Gasteiger partial charge in [0.15, 0.2) is 0 Å². The van der Waals surface area contributed by atoms with Crippen molar-refractivity contribution in [3.8, 4) is 10.4 Å². The molecule has 6 heteroatoms. The Kier molecular flexibility index (Phi) is 3.15. The van der Waals surface area contributed by atoms with E-state index in [2.05, 4.69) is 0 Å². The van der Waals surface area contributed by atoms with Gasteiger partial charge >= 0.3 is 5.97 Å². The lowest BCUT2D eigenvalue weighted by atomic mass is 10.1. The maximum atomic E-state index is 11.1. The van der Waals surface area contributed by atoms with Gasteiger partial charge in [0.1, 0.15) is 0 Å². The fourth-order valence-electron chi connectivity index (χ4n) is 2.11. The fraction of sp³-hybridized carbons (Fsp3) is 0. The molecule has 1 aromatic heterocycles. The molecule has 1 N–H and O–H groups in total. The van der Waals surface area contributed by atoms with Crippen LogP contribution >= 0.6 is 11.3 Å². The van der Waals surface area contributed by atoms with E-state index in [1.807, 2.05) is 30.3 Å². The zero-order valence-corrected chi connectivity index (χ0v) is 11.5. The minimum absolute atomic E-state index is 0.0864. The Hall–Kier alpha value is -2.73. The maximum Gasteiger partial charge on any atom is 0.335 e. The number of carboxylic acid groups (broad SMARTS) is 1. The molecule has 0 saturated heterocycles. The minimum Gasteiger partial charge on any atom is -0.478 e. The van der Waals surface area contributed by atoms with E-state index in [1.165, 1.54) is 23.5 Å². The molecular weight excluding hydrogens is 290 g/mol. The van der Waals surface area contributed by atoms with Crippen LogP contribution < -0.4 is 0 Å². The lowest BCUT2D eigenvalue weighted by Crippen LogP contribution is -1.98. The number of rotatable bonds is 3. The van der Waals surface area contributed by atoms with Crippen molar-refractivity contribution in [2.75, 3.05) is 0 Å². The van der Waals surface area contributed by atoms with Gasteiger partial charge in [-0.2, -0.15) is 0 Å². The van der Waals surface area contributed by atoms with Crippen LogP contribution in [0.4, 0.5) is 5.69 Å². The first-order valence-corrected chi connectivity index (χ1v) is 6.88. The van der Waals surface area contributed by atoms with Crippen LogP contribution in [0, 0.1) is 10.1 Å². The molecule has 0 aliphatic carbocycles. The van der Waals surface area contributed by atoms with Gasteiger partial charge in [-0.15, -0.1) is 11.3 Å². The van der Waals surface area contributed by atoms with E-state index in [1.54, 1.807) is 0 Å². The number of hydrogen-bond acceptors (Lipinski definition) is 4.